The second-order valence-corrected chi connectivity index (χ2v) is 5.54. The van der Waals surface area contributed by atoms with Crippen LogP contribution in [0.3, 0.4) is 0 Å². The fourth-order valence-corrected chi connectivity index (χ4v) is 1.65. The SMILES string of the molecule is COc1cccc([N+](=O)[O-])c1NCCNC(=O)C(C)(C)C. The summed E-state index contributed by atoms with van der Waals surface area (Å²) in [7, 11) is 1.45. The van der Waals surface area contributed by atoms with Crippen molar-refractivity contribution in [3.8, 4) is 5.75 Å². The second kappa shape index (κ2) is 6.92. The zero-order valence-electron chi connectivity index (χ0n) is 12.7. The van der Waals surface area contributed by atoms with Crippen molar-refractivity contribution in [1.82, 2.24) is 5.32 Å². The van der Waals surface area contributed by atoms with E-state index >= 15 is 0 Å². The summed E-state index contributed by atoms with van der Waals surface area (Å²) in [6, 6.07) is 4.60. The molecular weight excluding hydrogens is 274 g/mol. The number of nitrogens with one attached hydrogen (secondary N) is 2. The number of carbonyl (C=O) groups is 1. The van der Waals surface area contributed by atoms with Gasteiger partial charge in [-0.1, -0.05) is 26.8 Å². The molecule has 0 saturated heterocycles. The number of benzene rings is 1. The number of hydrogen-bond acceptors (Lipinski definition) is 5. The first-order valence-electron chi connectivity index (χ1n) is 6.61. The van der Waals surface area contributed by atoms with Crippen LogP contribution in [0.1, 0.15) is 20.8 Å². The summed E-state index contributed by atoms with van der Waals surface area (Å²) in [4.78, 5) is 22.2. The molecule has 1 aromatic carbocycles. The minimum absolute atomic E-state index is 0.0588. The van der Waals surface area contributed by atoms with E-state index in [1.165, 1.54) is 13.2 Å². The number of nitro benzene ring substituents is 1. The molecule has 1 rings (SSSR count). The van der Waals surface area contributed by atoms with Crippen molar-refractivity contribution in [1.29, 1.82) is 0 Å². The van der Waals surface area contributed by atoms with E-state index in [4.69, 9.17) is 4.74 Å². The van der Waals surface area contributed by atoms with Gasteiger partial charge in [0.1, 0.15) is 5.75 Å². The second-order valence-electron chi connectivity index (χ2n) is 5.54. The Hall–Kier alpha value is -2.31. The van der Waals surface area contributed by atoms with Gasteiger partial charge in [0.25, 0.3) is 5.69 Å². The van der Waals surface area contributed by atoms with Crippen LogP contribution in [0.15, 0.2) is 18.2 Å². The maximum Gasteiger partial charge on any atom is 0.296 e. The summed E-state index contributed by atoms with van der Waals surface area (Å²) >= 11 is 0. The van der Waals surface area contributed by atoms with Crippen LogP contribution < -0.4 is 15.4 Å². The average molecular weight is 295 g/mol. The molecule has 0 aromatic heterocycles. The molecule has 7 heteroatoms. The number of rotatable bonds is 6. The van der Waals surface area contributed by atoms with Gasteiger partial charge in [-0.15, -0.1) is 0 Å². The van der Waals surface area contributed by atoms with Crippen LogP contribution in [0, 0.1) is 15.5 Å². The third kappa shape index (κ3) is 4.62. The molecule has 0 spiro atoms. The molecule has 21 heavy (non-hydrogen) atoms. The smallest absolute Gasteiger partial charge is 0.296 e. The summed E-state index contributed by atoms with van der Waals surface area (Å²) in [6.07, 6.45) is 0. The molecule has 0 unspecified atom stereocenters. The van der Waals surface area contributed by atoms with Crippen LogP contribution in [0.5, 0.6) is 5.75 Å². The fourth-order valence-electron chi connectivity index (χ4n) is 1.65. The maximum atomic E-state index is 11.7. The zero-order chi connectivity index (χ0) is 16.0. The van der Waals surface area contributed by atoms with Gasteiger partial charge in [-0.05, 0) is 6.07 Å². The van der Waals surface area contributed by atoms with Crippen molar-refractivity contribution < 1.29 is 14.5 Å². The number of hydrogen-bond donors (Lipinski definition) is 2. The van der Waals surface area contributed by atoms with E-state index in [-0.39, 0.29) is 11.6 Å². The summed E-state index contributed by atoms with van der Waals surface area (Å²) in [6.45, 7) is 6.19. The number of ether oxygens (including phenoxy) is 1. The summed E-state index contributed by atoms with van der Waals surface area (Å²) in [5.74, 6) is 0.324. The molecule has 7 nitrogen and oxygen atoms in total. The summed E-state index contributed by atoms with van der Waals surface area (Å²) < 4.78 is 5.11. The molecule has 0 saturated carbocycles. The Labute approximate surface area is 123 Å². The molecule has 0 aliphatic carbocycles. The lowest BCUT2D eigenvalue weighted by molar-refractivity contribution is -0.384. The highest BCUT2D eigenvalue weighted by Crippen LogP contribution is 2.33. The van der Waals surface area contributed by atoms with Crippen molar-refractivity contribution in [3.05, 3.63) is 28.3 Å². The van der Waals surface area contributed by atoms with E-state index in [1.807, 2.05) is 20.8 Å². The molecular formula is C14H21N3O4. The van der Waals surface area contributed by atoms with E-state index < -0.39 is 10.3 Å². The van der Waals surface area contributed by atoms with Crippen molar-refractivity contribution in [3.63, 3.8) is 0 Å². The zero-order valence-corrected chi connectivity index (χ0v) is 12.7. The van der Waals surface area contributed by atoms with Crippen LogP contribution >= 0.6 is 0 Å². The Balaban J connectivity index is 2.67. The highest BCUT2D eigenvalue weighted by atomic mass is 16.6. The lowest BCUT2D eigenvalue weighted by Gasteiger charge is -2.18. The average Bonchev–Trinajstić information content (AvgIpc) is 2.41. The molecule has 1 aromatic rings. The van der Waals surface area contributed by atoms with Crippen LogP contribution in [-0.2, 0) is 4.79 Å². The summed E-state index contributed by atoms with van der Waals surface area (Å²) in [5, 5.41) is 16.7. The van der Waals surface area contributed by atoms with Crippen molar-refractivity contribution >= 4 is 17.3 Å². The predicted molar refractivity (Wildman–Crippen MR) is 80.6 cm³/mol. The third-order valence-electron chi connectivity index (χ3n) is 2.81. The molecule has 1 amide bonds. The highest BCUT2D eigenvalue weighted by Gasteiger charge is 2.21. The number of anilines is 1. The van der Waals surface area contributed by atoms with Crippen LogP contribution in [0.4, 0.5) is 11.4 Å². The van der Waals surface area contributed by atoms with E-state index in [9.17, 15) is 14.9 Å². The third-order valence-corrected chi connectivity index (χ3v) is 2.81. The lowest BCUT2D eigenvalue weighted by atomic mass is 9.96. The minimum atomic E-state index is -0.474. The Kier molecular flexibility index (Phi) is 5.52. The molecule has 2 N–H and O–H groups in total. The molecule has 0 fully saturated rings. The topological polar surface area (TPSA) is 93.5 Å². The van der Waals surface area contributed by atoms with Gasteiger partial charge >= 0.3 is 0 Å². The van der Waals surface area contributed by atoms with Crippen molar-refractivity contribution in [2.45, 2.75) is 20.8 Å². The highest BCUT2D eigenvalue weighted by molar-refractivity contribution is 5.81. The lowest BCUT2D eigenvalue weighted by Crippen LogP contribution is -2.37. The Morgan fingerprint density at radius 1 is 1.33 bits per heavy atom. The van der Waals surface area contributed by atoms with Gasteiger partial charge in [0.2, 0.25) is 5.91 Å². The molecule has 0 radical (unpaired) electrons. The van der Waals surface area contributed by atoms with E-state index in [2.05, 4.69) is 10.6 Å². The fraction of sp³-hybridized carbons (Fsp3) is 0.500. The Morgan fingerprint density at radius 3 is 2.52 bits per heavy atom. The van der Waals surface area contributed by atoms with Crippen molar-refractivity contribution in [2.75, 3.05) is 25.5 Å². The first-order chi connectivity index (χ1) is 9.77. The van der Waals surface area contributed by atoms with Gasteiger partial charge in [0.05, 0.1) is 12.0 Å². The number of methoxy groups -OCH3 is 1. The van der Waals surface area contributed by atoms with E-state index in [0.29, 0.717) is 24.5 Å². The quantitative estimate of drug-likeness (QED) is 0.476. The summed E-state index contributed by atoms with van der Waals surface area (Å²) in [5.41, 5.74) is -0.206. The largest absolute Gasteiger partial charge is 0.494 e. The van der Waals surface area contributed by atoms with Gasteiger partial charge in [0, 0.05) is 24.6 Å². The van der Waals surface area contributed by atoms with Gasteiger partial charge in [-0.3, -0.25) is 14.9 Å². The number of carbonyl (C=O) groups excluding carboxylic acids is 1. The minimum Gasteiger partial charge on any atom is -0.494 e. The van der Waals surface area contributed by atoms with Crippen LogP contribution in [0.2, 0.25) is 0 Å². The first-order valence-corrected chi connectivity index (χ1v) is 6.61. The van der Waals surface area contributed by atoms with Crippen molar-refractivity contribution in [2.24, 2.45) is 5.41 Å². The number of nitro groups is 1. The predicted octanol–water partition coefficient (Wildman–Crippen LogP) is 2.18. The molecule has 0 atom stereocenters. The molecule has 0 aliphatic heterocycles. The normalized spacial score (nSPS) is 10.9. The van der Waals surface area contributed by atoms with Crippen LogP contribution in [-0.4, -0.2) is 31.0 Å². The number of amides is 1. The Bertz CT molecular complexity index is 523. The van der Waals surface area contributed by atoms with Gasteiger partial charge in [-0.25, -0.2) is 0 Å². The van der Waals surface area contributed by atoms with E-state index in [1.54, 1.807) is 12.1 Å². The first kappa shape index (κ1) is 16.7. The van der Waals surface area contributed by atoms with Crippen LogP contribution in [0.25, 0.3) is 0 Å². The molecule has 0 heterocycles. The standard InChI is InChI=1S/C14H21N3O4/c1-14(2,3)13(18)16-9-8-15-12-10(17(19)20)6-5-7-11(12)21-4/h5-7,15H,8-9H2,1-4H3,(H,16,18). The van der Waals surface area contributed by atoms with Gasteiger partial charge < -0.3 is 15.4 Å². The maximum absolute atomic E-state index is 11.7. The molecule has 0 aliphatic rings. The number of nitrogens with zero attached hydrogens (tertiary/aromatic N) is 1. The molecule has 0 bridgehead atoms. The van der Waals surface area contributed by atoms with Gasteiger partial charge in [-0.2, -0.15) is 0 Å². The monoisotopic (exact) mass is 295 g/mol. The molecule has 116 valence electrons. The number of para-hydroxylation sites is 1. The van der Waals surface area contributed by atoms with E-state index in [0.717, 1.165) is 0 Å². The van der Waals surface area contributed by atoms with Gasteiger partial charge in [0.15, 0.2) is 5.69 Å². The Morgan fingerprint density at radius 2 is 2.00 bits per heavy atom.